The number of amides is 1. The van der Waals surface area contributed by atoms with Crippen LogP contribution >= 0.6 is 11.3 Å². The highest BCUT2D eigenvalue weighted by Crippen LogP contribution is 2.22. The molecule has 0 spiro atoms. The molecule has 0 aromatic carbocycles. The van der Waals surface area contributed by atoms with E-state index in [0.717, 1.165) is 5.56 Å². The van der Waals surface area contributed by atoms with Crippen molar-refractivity contribution in [1.29, 1.82) is 0 Å². The van der Waals surface area contributed by atoms with Crippen LogP contribution in [0.4, 0.5) is 0 Å². The van der Waals surface area contributed by atoms with Crippen LogP contribution in [0, 0.1) is 5.41 Å². The van der Waals surface area contributed by atoms with Crippen LogP contribution in [0.25, 0.3) is 0 Å². The normalized spacial score (nSPS) is 13.3. The molecule has 0 bridgehead atoms. The standard InChI is InChI=1S/C14H23NO3S/c1-10(16)7-14(2,3)9-15-13(17)12-11(8-18-4)5-6-19-12/h5-6,10,16H,7-9H2,1-4H3,(H,15,17). The number of carbonyl (C=O) groups is 1. The molecule has 1 rings (SSSR count). The summed E-state index contributed by atoms with van der Waals surface area (Å²) in [5.74, 6) is -0.0688. The second-order valence-corrected chi connectivity index (χ2v) is 6.52. The van der Waals surface area contributed by atoms with E-state index in [-0.39, 0.29) is 17.4 Å². The molecule has 1 heterocycles. The van der Waals surface area contributed by atoms with Crippen molar-refractivity contribution in [2.24, 2.45) is 5.41 Å². The molecule has 5 heteroatoms. The van der Waals surface area contributed by atoms with Gasteiger partial charge in [0.05, 0.1) is 17.6 Å². The second-order valence-electron chi connectivity index (χ2n) is 5.61. The van der Waals surface area contributed by atoms with Gasteiger partial charge in [-0.25, -0.2) is 0 Å². The molecule has 1 aromatic heterocycles. The number of thiophene rings is 1. The summed E-state index contributed by atoms with van der Waals surface area (Å²) < 4.78 is 5.07. The maximum atomic E-state index is 12.1. The maximum Gasteiger partial charge on any atom is 0.261 e. The van der Waals surface area contributed by atoms with Crippen molar-refractivity contribution in [2.45, 2.75) is 39.9 Å². The summed E-state index contributed by atoms with van der Waals surface area (Å²) in [5, 5.41) is 14.3. The van der Waals surface area contributed by atoms with E-state index in [2.05, 4.69) is 5.32 Å². The van der Waals surface area contributed by atoms with Gasteiger partial charge in [-0.2, -0.15) is 0 Å². The average molecular weight is 285 g/mol. The lowest BCUT2D eigenvalue weighted by atomic mass is 9.87. The van der Waals surface area contributed by atoms with Crippen molar-refractivity contribution in [2.75, 3.05) is 13.7 Å². The van der Waals surface area contributed by atoms with Crippen LogP contribution in [0.15, 0.2) is 11.4 Å². The highest BCUT2D eigenvalue weighted by atomic mass is 32.1. The lowest BCUT2D eigenvalue weighted by Gasteiger charge is -2.26. The van der Waals surface area contributed by atoms with Crippen LogP contribution in [0.5, 0.6) is 0 Å². The van der Waals surface area contributed by atoms with Crippen molar-refractivity contribution in [3.8, 4) is 0 Å². The van der Waals surface area contributed by atoms with Crippen LogP contribution in [0.1, 0.15) is 42.4 Å². The van der Waals surface area contributed by atoms with E-state index in [0.29, 0.717) is 24.4 Å². The number of rotatable bonds is 7. The van der Waals surface area contributed by atoms with Gasteiger partial charge in [0.2, 0.25) is 0 Å². The molecule has 0 fully saturated rings. The fourth-order valence-corrected chi connectivity index (χ4v) is 2.90. The van der Waals surface area contributed by atoms with Gasteiger partial charge in [0.25, 0.3) is 5.91 Å². The first-order chi connectivity index (χ1) is 8.85. The number of aliphatic hydroxyl groups is 1. The number of carbonyl (C=O) groups excluding carboxylic acids is 1. The summed E-state index contributed by atoms with van der Waals surface area (Å²) in [6.07, 6.45) is 0.292. The maximum absolute atomic E-state index is 12.1. The van der Waals surface area contributed by atoms with Crippen LogP contribution in [-0.4, -0.2) is 30.8 Å². The number of nitrogens with one attached hydrogen (secondary N) is 1. The Morgan fingerprint density at radius 3 is 2.84 bits per heavy atom. The lowest BCUT2D eigenvalue weighted by Crippen LogP contribution is -2.35. The summed E-state index contributed by atoms with van der Waals surface area (Å²) in [4.78, 5) is 12.8. The lowest BCUT2D eigenvalue weighted by molar-refractivity contribution is 0.0902. The first kappa shape index (κ1) is 16.1. The molecule has 1 amide bonds. The first-order valence-corrected chi connectivity index (χ1v) is 7.25. The number of ether oxygens (including phenoxy) is 1. The predicted molar refractivity (Wildman–Crippen MR) is 77.4 cm³/mol. The van der Waals surface area contributed by atoms with E-state index in [1.165, 1.54) is 11.3 Å². The molecule has 0 radical (unpaired) electrons. The summed E-state index contributed by atoms with van der Waals surface area (Å²) >= 11 is 1.42. The molecule has 4 nitrogen and oxygen atoms in total. The van der Waals surface area contributed by atoms with Gasteiger partial charge in [0, 0.05) is 19.2 Å². The van der Waals surface area contributed by atoms with Gasteiger partial charge in [0.15, 0.2) is 0 Å². The van der Waals surface area contributed by atoms with Crippen LogP contribution in [-0.2, 0) is 11.3 Å². The van der Waals surface area contributed by atoms with Crippen LogP contribution in [0.3, 0.4) is 0 Å². The Morgan fingerprint density at radius 2 is 2.26 bits per heavy atom. The van der Waals surface area contributed by atoms with E-state index >= 15 is 0 Å². The van der Waals surface area contributed by atoms with Gasteiger partial charge >= 0.3 is 0 Å². The fraction of sp³-hybridized carbons (Fsp3) is 0.643. The van der Waals surface area contributed by atoms with Gasteiger partial charge in [-0.15, -0.1) is 11.3 Å². The summed E-state index contributed by atoms with van der Waals surface area (Å²) in [5.41, 5.74) is 0.793. The summed E-state index contributed by atoms with van der Waals surface area (Å²) in [6, 6.07) is 1.91. The molecule has 1 atom stereocenters. The molecular formula is C14H23NO3S. The monoisotopic (exact) mass is 285 g/mol. The Balaban J connectivity index is 2.57. The third-order valence-electron chi connectivity index (χ3n) is 2.83. The summed E-state index contributed by atoms with van der Waals surface area (Å²) in [7, 11) is 1.62. The molecule has 0 aliphatic heterocycles. The topological polar surface area (TPSA) is 58.6 Å². The highest BCUT2D eigenvalue weighted by Gasteiger charge is 2.22. The molecule has 108 valence electrons. The van der Waals surface area contributed by atoms with Crippen LogP contribution in [0.2, 0.25) is 0 Å². The Bertz CT molecular complexity index is 413. The highest BCUT2D eigenvalue weighted by molar-refractivity contribution is 7.12. The van der Waals surface area contributed by atoms with E-state index in [4.69, 9.17) is 4.74 Å². The van der Waals surface area contributed by atoms with Crippen molar-refractivity contribution in [1.82, 2.24) is 5.32 Å². The molecule has 0 saturated carbocycles. The van der Waals surface area contributed by atoms with Crippen molar-refractivity contribution >= 4 is 17.2 Å². The minimum atomic E-state index is -0.363. The van der Waals surface area contributed by atoms with E-state index in [1.54, 1.807) is 14.0 Å². The zero-order valence-electron chi connectivity index (χ0n) is 12.0. The van der Waals surface area contributed by atoms with Crippen molar-refractivity contribution < 1.29 is 14.6 Å². The van der Waals surface area contributed by atoms with E-state index in [9.17, 15) is 9.90 Å². The number of aliphatic hydroxyl groups excluding tert-OH is 1. The van der Waals surface area contributed by atoms with Gasteiger partial charge < -0.3 is 15.2 Å². The molecule has 1 unspecified atom stereocenters. The zero-order valence-corrected chi connectivity index (χ0v) is 12.8. The van der Waals surface area contributed by atoms with Crippen molar-refractivity contribution in [3.63, 3.8) is 0 Å². The molecular weight excluding hydrogens is 262 g/mol. The summed E-state index contributed by atoms with van der Waals surface area (Å²) in [6.45, 7) is 6.82. The smallest absolute Gasteiger partial charge is 0.261 e. The predicted octanol–water partition coefficient (Wildman–Crippen LogP) is 2.42. The molecule has 2 N–H and O–H groups in total. The third-order valence-corrected chi connectivity index (χ3v) is 3.78. The first-order valence-electron chi connectivity index (χ1n) is 6.37. The minimum absolute atomic E-state index is 0.0688. The molecule has 0 aliphatic carbocycles. The number of hydrogen-bond donors (Lipinski definition) is 2. The van der Waals surface area contributed by atoms with Gasteiger partial charge in [-0.3, -0.25) is 4.79 Å². The SMILES string of the molecule is COCc1ccsc1C(=O)NCC(C)(C)CC(C)O. The van der Waals surface area contributed by atoms with Crippen LogP contribution < -0.4 is 5.32 Å². The second kappa shape index (κ2) is 7.03. The van der Waals surface area contributed by atoms with Gasteiger partial charge in [-0.05, 0) is 30.2 Å². The van der Waals surface area contributed by atoms with Gasteiger partial charge in [0.1, 0.15) is 0 Å². The molecule has 0 aliphatic rings. The number of hydrogen-bond acceptors (Lipinski definition) is 4. The van der Waals surface area contributed by atoms with E-state index in [1.807, 2.05) is 25.3 Å². The molecule has 0 saturated heterocycles. The Labute approximate surface area is 118 Å². The number of methoxy groups -OCH3 is 1. The average Bonchev–Trinajstić information content (AvgIpc) is 2.73. The quantitative estimate of drug-likeness (QED) is 0.809. The third kappa shape index (κ3) is 5.30. The molecule has 1 aromatic rings. The Morgan fingerprint density at radius 1 is 1.58 bits per heavy atom. The van der Waals surface area contributed by atoms with E-state index < -0.39 is 0 Å². The zero-order chi connectivity index (χ0) is 14.5. The molecule has 19 heavy (non-hydrogen) atoms. The van der Waals surface area contributed by atoms with Crippen molar-refractivity contribution in [3.05, 3.63) is 21.9 Å². The minimum Gasteiger partial charge on any atom is -0.393 e. The fourth-order valence-electron chi connectivity index (χ4n) is 2.08. The Hall–Kier alpha value is -0.910. The Kier molecular flexibility index (Phi) is 5.97. The van der Waals surface area contributed by atoms with Gasteiger partial charge in [-0.1, -0.05) is 13.8 Å². The largest absolute Gasteiger partial charge is 0.393 e.